The first-order valence-corrected chi connectivity index (χ1v) is 13.5. The van der Waals surface area contributed by atoms with E-state index in [1.54, 1.807) is 6.20 Å². The van der Waals surface area contributed by atoms with Crippen LogP contribution in [0.3, 0.4) is 0 Å². The van der Waals surface area contributed by atoms with Gasteiger partial charge in [-0.05, 0) is 55.2 Å². The molecule has 3 aliphatic rings. The number of likely N-dealkylation sites (N-methyl/N-ethyl adjacent to an activating group) is 1. The van der Waals surface area contributed by atoms with E-state index in [4.69, 9.17) is 0 Å². The maximum absolute atomic E-state index is 13.2. The molecule has 3 fully saturated rings. The predicted octanol–water partition coefficient (Wildman–Crippen LogP) is 2.76. The lowest BCUT2D eigenvalue weighted by Crippen LogP contribution is -2.51. The number of anilines is 1. The molecule has 0 aromatic carbocycles. The number of imide groups is 1. The molecule has 36 heavy (non-hydrogen) atoms. The minimum absolute atomic E-state index is 0.226. The number of amides is 4. The Morgan fingerprint density at radius 1 is 1.14 bits per heavy atom. The molecule has 2 saturated heterocycles. The summed E-state index contributed by atoms with van der Waals surface area (Å²) in [6.07, 6.45) is 5.95. The lowest BCUT2D eigenvalue weighted by Gasteiger charge is -2.42. The molecular weight excluding hydrogens is 456 g/mol. The number of urea groups is 1. The van der Waals surface area contributed by atoms with Gasteiger partial charge in [0.05, 0.1) is 0 Å². The maximum Gasteiger partial charge on any atom is 0.325 e. The van der Waals surface area contributed by atoms with Crippen LogP contribution in [0.25, 0.3) is 0 Å². The van der Waals surface area contributed by atoms with E-state index >= 15 is 0 Å². The third-order valence-corrected chi connectivity index (χ3v) is 8.85. The number of pyridine rings is 1. The van der Waals surface area contributed by atoms with Crippen molar-refractivity contribution in [2.45, 2.75) is 71.9 Å². The van der Waals surface area contributed by atoms with Gasteiger partial charge in [0, 0.05) is 38.9 Å². The van der Waals surface area contributed by atoms with Gasteiger partial charge in [0.2, 0.25) is 5.91 Å². The number of nitrogens with zero attached hydrogens (tertiary/aromatic N) is 4. The standard InChI is InChI=1S/C27H42N6O3/c1-5-26(3,4)21-9-11-27(12-10-21)24(35)33(25(36)30-27)19-23(34)29-18-20-7-8-22(28-17-20)32-15-13-31(6-2)14-16-32/h7-8,17,21H,5-6,9-16,18-19H2,1-4H3,(H,29,34)(H,30,36). The SMILES string of the molecule is CCN1CCN(c2ccc(CNC(=O)CN3C(=O)NC4(CCC(C(C)(C)CC)CC4)C3=O)cn2)CC1. The van der Waals surface area contributed by atoms with Gasteiger partial charge in [-0.3, -0.25) is 14.5 Å². The predicted molar refractivity (Wildman–Crippen MR) is 139 cm³/mol. The molecule has 0 bridgehead atoms. The van der Waals surface area contributed by atoms with Crippen LogP contribution in [0.2, 0.25) is 0 Å². The van der Waals surface area contributed by atoms with Crippen LogP contribution < -0.4 is 15.5 Å². The molecule has 4 rings (SSSR count). The lowest BCUT2D eigenvalue weighted by molar-refractivity contribution is -0.136. The van der Waals surface area contributed by atoms with Crippen molar-refractivity contribution < 1.29 is 14.4 Å². The minimum Gasteiger partial charge on any atom is -0.354 e. The zero-order valence-electron chi connectivity index (χ0n) is 22.3. The number of carbonyl (C=O) groups excluding carboxylic acids is 3. The van der Waals surface area contributed by atoms with Gasteiger partial charge in [0.25, 0.3) is 5.91 Å². The quantitative estimate of drug-likeness (QED) is 0.535. The van der Waals surface area contributed by atoms with Crippen molar-refractivity contribution in [2.24, 2.45) is 11.3 Å². The largest absolute Gasteiger partial charge is 0.354 e. The molecule has 1 saturated carbocycles. The zero-order chi connectivity index (χ0) is 25.9. The lowest BCUT2D eigenvalue weighted by atomic mass is 9.65. The average Bonchev–Trinajstić information content (AvgIpc) is 3.11. The fraction of sp³-hybridized carbons (Fsp3) is 0.704. The molecule has 9 heteroatoms. The third-order valence-electron chi connectivity index (χ3n) is 8.85. The summed E-state index contributed by atoms with van der Waals surface area (Å²) >= 11 is 0. The van der Waals surface area contributed by atoms with Crippen LogP contribution in [0.5, 0.6) is 0 Å². The molecule has 3 heterocycles. The topological polar surface area (TPSA) is 97.9 Å². The second kappa shape index (κ2) is 10.7. The van der Waals surface area contributed by atoms with E-state index in [2.05, 4.69) is 53.1 Å². The van der Waals surface area contributed by atoms with Crippen molar-refractivity contribution in [1.29, 1.82) is 0 Å². The molecule has 1 aromatic rings. The fourth-order valence-corrected chi connectivity index (χ4v) is 5.74. The van der Waals surface area contributed by atoms with Gasteiger partial charge in [-0.2, -0.15) is 0 Å². The van der Waals surface area contributed by atoms with Gasteiger partial charge in [-0.1, -0.05) is 40.2 Å². The molecule has 198 valence electrons. The molecule has 1 aliphatic carbocycles. The normalized spacial score (nSPS) is 25.4. The number of piperazine rings is 1. The number of rotatable bonds is 8. The summed E-state index contributed by atoms with van der Waals surface area (Å²) in [5.41, 5.74) is 0.258. The van der Waals surface area contributed by atoms with E-state index in [0.717, 1.165) is 68.3 Å². The van der Waals surface area contributed by atoms with Crippen LogP contribution >= 0.6 is 0 Å². The summed E-state index contributed by atoms with van der Waals surface area (Å²) in [6.45, 7) is 14.0. The highest BCUT2D eigenvalue weighted by Crippen LogP contribution is 2.45. The zero-order valence-corrected chi connectivity index (χ0v) is 22.3. The Labute approximate surface area is 215 Å². The summed E-state index contributed by atoms with van der Waals surface area (Å²) in [5, 5.41) is 5.75. The summed E-state index contributed by atoms with van der Waals surface area (Å²) < 4.78 is 0. The number of aromatic nitrogens is 1. The van der Waals surface area contributed by atoms with Crippen molar-refractivity contribution in [3.63, 3.8) is 0 Å². The molecular formula is C27H42N6O3. The second-order valence-electron chi connectivity index (χ2n) is 11.2. The molecule has 0 atom stereocenters. The number of hydrogen-bond acceptors (Lipinski definition) is 6. The van der Waals surface area contributed by atoms with Crippen LogP contribution in [0.15, 0.2) is 18.3 Å². The fourth-order valence-electron chi connectivity index (χ4n) is 5.74. The molecule has 1 aromatic heterocycles. The van der Waals surface area contributed by atoms with E-state index in [1.165, 1.54) is 0 Å². The molecule has 2 aliphatic heterocycles. The van der Waals surface area contributed by atoms with E-state index < -0.39 is 11.6 Å². The van der Waals surface area contributed by atoms with Gasteiger partial charge >= 0.3 is 6.03 Å². The van der Waals surface area contributed by atoms with Crippen LogP contribution in [-0.2, 0) is 16.1 Å². The molecule has 0 unspecified atom stereocenters. The maximum atomic E-state index is 13.2. The van der Waals surface area contributed by atoms with Gasteiger partial charge in [-0.25, -0.2) is 9.78 Å². The van der Waals surface area contributed by atoms with Crippen molar-refractivity contribution in [3.8, 4) is 0 Å². The number of hydrogen-bond donors (Lipinski definition) is 2. The monoisotopic (exact) mass is 498 g/mol. The Balaban J connectivity index is 1.26. The number of carbonyl (C=O) groups is 3. The van der Waals surface area contributed by atoms with Crippen molar-refractivity contribution >= 4 is 23.7 Å². The Morgan fingerprint density at radius 3 is 2.42 bits per heavy atom. The summed E-state index contributed by atoms with van der Waals surface area (Å²) in [5.74, 6) is 0.874. The summed E-state index contributed by atoms with van der Waals surface area (Å²) in [4.78, 5) is 48.8. The molecule has 4 amide bonds. The highest BCUT2D eigenvalue weighted by Gasteiger charge is 2.53. The highest BCUT2D eigenvalue weighted by atomic mass is 16.2. The molecule has 1 spiro atoms. The molecule has 0 radical (unpaired) electrons. The summed E-state index contributed by atoms with van der Waals surface area (Å²) in [6, 6.07) is 3.49. The second-order valence-corrected chi connectivity index (χ2v) is 11.2. The first kappa shape index (κ1) is 26.4. The molecule has 2 N–H and O–H groups in total. The third kappa shape index (κ3) is 5.51. The highest BCUT2D eigenvalue weighted by molar-refractivity contribution is 6.09. The number of nitrogens with one attached hydrogen (secondary N) is 2. The van der Waals surface area contributed by atoms with Gasteiger partial charge in [0.1, 0.15) is 17.9 Å². The first-order chi connectivity index (χ1) is 17.2. The van der Waals surface area contributed by atoms with Crippen LogP contribution in [0.1, 0.15) is 65.4 Å². The van der Waals surface area contributed by atoms with Gasteiger partial charge in [-0.15, -0.1) is 0 Å². The van der Waals surface area contributed by atoms with E-state index in [0.29, 0.717) is 25.3 Å². The van der Waals surface area contributed by atoms with E-state index in [1.807, 2.05) is 12.1 Å². The van der Waals surface area contributed by atoms with Crippen LogP contribution in [0.4, 0.5) is 10.6 Å². The van der Waals surface area contributed by atoms with Gasteiger partial charge in [0.15, 0.2) is 0 Å². The Bertz CT molecular complexity index is 947. The molecule has 9 nitrogen and oxygen atoms in total. The van der Waals surface area contributed by atoms with Gasteiger partial charge < -0.3 is 20.4 Å². The van der Waals surface area contributed by atoms with Crippen LogP contribution in [-0.4, -0.2) is 77.4 Å². The summed E-state index contributed by atoms with van der Waals surface area (Å²) in [7, 11) is 0. The Kier molecular flexibility index (Phi) is 7.87. The smallest absolute Gasteiger partial charge is 0.325 e. The average molecular weight is 499 g/mol. The Hall–Kier alpha value is -2.68. The van der Waals surface area contributed by atoms with Crippen LogP contribution in [0, 0.1) is 11.3 Å². The van der Waals surface area contributed by atoms with Crippen molar-refractivity contribution in [1.82, 2.24) is 25.4 Å². The van der Waals surface area contributed by atoms with E-state index in [9.17, 15) is 14.4 Å². The Morgan fingerprint density at radius 2 is 1.83 bits per heavy atom. The minimum atomic E-state index is -0.847. The van der Waals surface area contributed by atoms with E-state index in [-0.39, 0.29) is 23.8 Å². The first-order valence-electron chi connectivity index (χ1n) is 13.5. The van der Waals surface area contributed by atoms with Crippen molar-refractivity contribution in [2.75, 3.05) is 44.2 Å². The van der Waals surface area contributed by atoms with Crippen molar-refractivity contribution in [3.05, 3.63) is 23.9 Å².